The number of aromatic nitrogens is 2. The number of hydrogen-bond acceptors (Lipinski definition) is 5. The summed E-state index contributed by atoms with van der Waals surface area (Å²) >= 11 is 6.00. The lowest BCUT2D eigenvalue weighted by molar-refractivity contribution is -0.384. The number of carbonyl (C=O) groups is 1. The molecule has 3 aromatic carbocycles. The van der Waals surface area contributed by atoms with Crippen molar-refractivity contribution >= 4 is 40.2 Å². The first-order valence-corrected chi connectivity index (χ1v) is 9.21. The highest BCUT2D eigenvalue weighted by Crippen LogP contribution is 2.23. The topological polar surface area (TPSA) is 113 Å². The first kappa shape index (κ1) is 19.3. The number of hydrogen-bond donors (Lipinski definition) is 2. The van der Waals surface area contributed by atoms with Gasteiger partial charge in [-0.2, -0.15) is 10.2 Å². The van der Waals surface area contributed by atoms with Gasteiger partial charge in [0.25, 0.3) is 11.6 Å². The van der Waals surface area contributed by atoms with Crippen molar-refractivity contribution in [2.75, 3.05) is 0 Å². The molecular formula is C21H14ClN5O3. The first-order valence-electron chi connectivity index (χ1n) is 8.83. The monoisotopic (exact) mass is 419 g/mol. The number of rotatable bonds is 5. The molecule has 148 valence electrons. The Hall–Kier alpha value is -4.04. The number of nitrogens with zero attached hydrogens (tertiary/aromatic N) is 3. The lowest BCUT2D eigenvalue weighted by Crippen LogP contribution is -2.18. The predicted octanol–water partition coefficient (Wildman–Crippen LogP) is 4.56. The summed E-state index contributed by atoms with van der Waals surface area (Å²) in [7, 11) is 0. The van der Waals surface area contributed by atoms with Crippen molar-refractivity contribution in [1.29, 1.82) is 0 Å². The quantitative estimate of drug-likeness (QED) is 0.280. The zero-order chi connectivity index (χ0) is 21.1. The molecular weight excluding hydrogens is 406 g/mol. The number of fused-ring (bicyclic) bond motifs is 1. The van der Waals surface area contributed by atoms with Gasteiger partial charge in [0.15, 0.2) is 0 Å². The molecule has 0 fully saturated rings. The van der Waals surface area contributed by atoms with E-state index in [1.54, 1.807) is 6.07 Å². The molecule has 9 heteroatoms. The zero-order valence-corrected chi connectivity index (χ0v) is 16.1. The van der Waals surface area contributed by atoms with E-state index in [1.807, 2.05) is 42.5 Å². The number of hydrazone groups is 1. The predicted molar refractivity (Wildman–Crippen MR) is 115 cm³/mol. The van der Waals surface area contributed by atoms with Gasteiger partial charge >= 0.3 is 0 Å². The molecule has 30 heavy (non-hydrogen) atoms. The van der Waals surface area contributed by atoms with E-state index in [-0.39, 0.29) is 16.4 Å². The van der Waals surface area contributed by atoms with Crippen LogP contribution in [0.5, 0.6) is 0 Å². The van der Waals surface area contributed by atoms with Crippen LogP contribution in [0.2, 0.25) is 5.02 Å². The van der Waals surface area contributed by atoms with Gasteiger partial charge in [-0.1, -0.05) is 48.0 Å². The van der Waals surface area contributed by atoms with Crippen LogP contribution in [0.3, 0.4) is 0 Å². The molecule has 0 atom stereocenters. The summed E-state index contributed by atoms with van der Waals surface area (Å²) in [4.78, 5) is 22.6. The summed E-state index contributed by atoms with van der Waals surface area (Å²) in [6.45, 7) is 0. The second-order valence-corrected chi connectivity index (χ2v) is 6.80. The number of nitro groups is 1. The van der Waals surface area contributed by atoms with Gasteiger partial charge in [-0.3, -0.25) is 20.0 Å². The van der Waals surface area contributed by atoms with Gasteiger partial charge in [-0.05, 0) is 29.0 Å². The Balaban J connectivity index is 1.48. The normalized spacial score (nSPS) is 11.1. The highest BCUT2D eigenvalue weighted by Gasteiger charge is 2.12. The number of H-pyrrole nitrogens is 1. The molecule has 4 aromatic rings. The van der Waals surface area contributed by atoms with E-state index in [0.717, 1.165) is 16.3 Å². The number of benzene rings is 3. The minimum atomic E-state index is -0.537. The lowest BCUT2D eigenvalue weighted by atomic mass is 10.1. The van der Waals surface area contributed by atoms with Gasteiger partial charge in [0.1, 0.15) is 5.69 Å². The molecule has 2 N–H and O–H groups in total. The molecule has 1 aromatic heterocycles. The van der Waals surface area contributed by atoms with Crippen molar-refractivity contribution < 1.29 is 9.72 Å². The lowest BCUT2D eigenvalue weighted by Gasteiger charge is -2.00. The van der Waals surface area contributed by atoms with Gasteiger partial charge < -0.3 is 0 Å². The molecule has 0 unspecified atom stereocenters. The Morgan fingerprint density at radius 2 is 1.90 bits per heavy atom. The maximum Gasteiger partial charge on any atom is 0.289 e. The van der Waals surface area contributed by atoms with E-state index >= 15 is 0 Å². The van der Waals surface area contributed by atoms with Crippen LogP contribution in [-0.4, -0.2) is 27.2 Å². The van der Waals surface area contributed by atoms with Gasteiger partial charge in [-0.25, -0.2) is 5.43 Å². The maximum absolute atomic E-state index is 12.3. The molecule has 0 aliphatic carbocycles. The third-order valence-corrected chi connectivity index (χ3v) is 4.77. The molecule has 1 heterocycles. The van der Waals surface area contributed by atoms with Crippen LogP contribution >= 0.6 is 11.6 Å². The van der Waals surface area contributed by atoms with E-state index in [0.29, 0.717) is 11.3 Å². The average molecular weight is 420 g/mol. The Morgan fingerprint density at radius 3 is 2.70 bits per heavy atom. The molecule has 0 spiro atoms. The number of carbonyl (C=O) groups excluding carboxylic acids is 1. The molecule has 8 nitrogen and oxygen atoms in total. The largest absolute Gasteiger partial charge is 0.289 e. The number of aromatic amines is 1. The third-order valence-electron chi connectivity index (χ3n) is 4.43. The molecule has 0 aliphatic heterocycles. The van der Waals surface area contributed by atoms with E-state index < -0.39 is 10.8 Å². The van der Waals surface area contributed by atoms with E-state index in [2.05, 4.69) is 20.7 Å². The van der Waals surface area contributed by atoms with E-state index in [4.69, 9.17) is 11.6 Å². The zero-order valence-electron chi connectivity index (χ0n) is 15.4. The van der Waals surface area contributed by atoms with Crippen molar-refractivity contribution in [2.24, 2.45) is 5.10 Å². The van der Waals surface area contributed by atoms with Crippen LogP contribution in [-0.2, 0) is 0 Å². The Bertz CT molecular complexity index is 1300. The van der Waals surface area contributed by atoms with Crippen LogP contribution in [0, 0.1) is 10.1 Å². The molecule has 0 bridgehead atoms. The van der Waals surface area contributed by atoms with Crippen LogP contribution in [0.15, 0.2) is 71.8 Å². The van der Waals surface area contributed by atoms with Gasteiger partial charge in [0.05, 0.1) is 16.8 Å². The van der Waals surface area contributed by atoms with Crippen molar-refractivity contribution in [1.82, 2.24) is 15.6 Å². The van der Waals surface area contributed by atoms with E-state index in [1.165, 1.54) is 24.4 Å². The van der Waals surface area contributed by atoms with Gasteiger partial charge in [0, 0.05) is 28.3 Å². The summed E-state index contributed by atoms with van der Waals surface area (Å²) in [5.41, 5.74) is 4.25. The minimum Gasteiger partial charge on any atom is -0.272 e. The van der Waals surface area contributed by atoms with Gasteiger partial charge in [0.2, 0.25) is 0 Å². The molecule has 4 rings (SSSR count). The average Bonchev–Trinajstić information content (AvgIpc) is 3.25. The van der Waals surface area contributed by atoms with Crippen molar-refractivity contribution in [3.63, 3.8) is 0 Å². The molecule has 0 radical (unpaired) electrons. The van der Waals surface area contributed by atoms with Gasteiger partial charge in [-0.15, -0.1) is 0 Å². The number of amides is 1. The van der Waals surface area contributed by atoms with Crippen molar-refractivity contribution in [3.8, 4) is 11.3 Å². The van der Waals surface area contributed by atoms with Crippen molar-refractivity contribution in [2.45, 2.75) is 0 Å². The van der Waals surface area contributed by atoms with Crippen molar-refractivity contribution in [3.05, 3.63) is 93.1 Å². The SMILES string of the molecule is O=C(N/N=C\c1cc([N+](=O)[O-])ccc1Cl)c1cc(-c2ccc3ccccc3c2)n[nH]1. The fourth-order valence-electron chi connectivity index (χ4n) is 2.90. The summed E-state index contributed by atoms with van der Waals surface area (Å²) in [5.74, 6) is -0.507. The van der Waals surface area contributed by atoms with Crippen LogP contribution in [0.4, 0.5) is 5.69 Å². The number of halogens is 1. The smallest absolute Gasteiger partial charge is 0.272 e. The summed E-state index contributed by atoms with van der Waals surface area (Å²) in [6.07, 6.45) is 1.24. The van der Waals surface area contributed by atoms with Crippen LogP contribution in [0.25, 0.3) is 22.0 Å². The second kappa shape index (κ2) is 8.14. The first-order chi connectivity index (χ1) is 14.5. The standard InChI is InChI=1S/C21H14ClN5O3/c22-18-8-7-17(27(29)30)10-16(18)12-23-26-21(28)20-11-19(24-25-20)15-6-5-13-3-1-2-4-14(13)9-15/h1-12H,(H,24,25)(H,26,28)/b23-12-. The number of nitro benzene ring substituents is 1. The number of non-ortho nitro benzene ring substituents is 1. The fraction of sp³-hybridized carbons (Fsp3) is 0. The molecule has 1 amide bonds. The van der Waals surface area contributed by atoms with E-state index in [9.17, 15) is 14.9 Å². The molecule has 0 aliphatic rings. The third kappa shape index (κ3) is 4.03. The second-order valence-electron chi connectivity index (χ2n) is 6.39. The fourth-order valence-corrected chi connectivity index (χ4v) is 3.07. The maximum atomic E-state index is 12.3. The Kier molecular flexibility index (Phi) is 5.23. The summed E-state index contributed by atoms with van der Waals surface area (Å²) in [5, 5.41) is 24.0. The van der Waals surface area contributed by atoms with Crippen LogP contribution in [0.1, 0.15) is 16.1 Å². The highest BCUT2D eigenvalue weighted by molar-refractivity contribution is 6.33. The highest BCUT2D eigenvalue weighted by atomic mass is 35.5. The Morgan fingerprint density at radius 1 is 1.10 bits per heavy atom. The summed E-state index contributed by atoms with van der Waals surface area (Å²) in [6, 6.07) is 19.5. The minimum absolute atomic E-state index is 0.124. The van der Waals surface area contributed by atoms with Crippen LogP contribution < -0.4 is 5.43 Å². The Labute approximate surface area is 175 Å². The summed E-state index contributed by atoms with van der Waals surface area (Å²) < 4.78 is 0. The molecule has 0 saturated carbocycles. The number of nitrogens with one attached hydrogen (secondary N) is 2. The molecule has 0 saturated heterocycles.